The van der Waals surface area contributed by atoms with E-state index in [0.717, 1.165) is 5.52 Å². The van der Waals surface area contributed by atoms with Crippen molar-refractivity contribution in [2.24, 2.45) is 5.41 Å². The van der Waals surface area contributed by atoms with Crippen LogP contribution in [0.4, 0.5) is 0 Å². The van der Waals surface area contributed by atoms with Crippen molar-refractivity contribution >= 4 is 5.52 Å². The van der Waals surface area contributed by atoms with Gasteiger partial charge in [-0.1, -0.05) is 47.6 Å². The molecule has 2 aromatic heterocycles. The van der Waals surface area contributed by atoms with Crippen LogP contribution in [0, 0.1) is 5.41 Å². The van der Waals surface area contributed by atoms with E-state index in [9.17, 15) is 0 Å². The molecule has 16 heavy (non-hydrogen) atoms. The SMILES string of the molecule is CC.CC(C)(C)C.c1ccn2nccc2c1. The van der Waals surface area contributed by atoms with Gasteiger partial charge in [0.15, 0.2) is 0 Å². The number of hydrogen-bond acceptors (Lipinski definition) is 1. The van der Waals surface area contributed by atoms with Crippen LogP contribution in [0.1, 0.15) is 41.5 Å². The highest BCUT2D eigenvalue weighted by molar-refractivity contribution is 5.44. The maximum Gasteiger partial charge on any atom is 0.0661 e. The van der Waals surface area contributed by atoms with Crippen molar-refractivity contribution < 1.29 is 0 Å². The lowest BCUT2D eigenvalue weighted by atomic mass is 10.0. The first-order valence-corrected chi connectivity index (χ1v) is 5.85. The van der Waals surface area contributed by atoms with Gasteiger partial charge in [-0.2, -0.15) is 5.10 Å². The maximum absolute atomic E-state index is 4.04. The minimum Gasteiger partial charge on any atom is -0.241 e. The normalized spacial score (nSPS) is 9.88. The van der Waals surface area contributed by atoms with Gasteiger partial charge in [0.25, 0.3) is 0 Å². The van der Waals surface area contributed by atoms with Gasteiger partial charge < -0.3 is 0 Å². The van der Waals surface area contributed by atoms with Crippen LogP contribution in [0.5, 0.6) is 0 Å². The second-order valence-corrected chi connectivity index (χ2v) is 4.90. The fraction of sp³-hybridized carbons (Fsp3) is 0.500. The van der Waals surface area contributed by atoms with Crippen LogP contribution in [0.2, 0.25) is 0 Å². The molecule has 2 heterocycles. The molecule has 0 aliphatic rings. The number of hydrogen-bond donors (Lipinski definition) is 0. The van der Waals surface area contributed by atoms with Crippen LogP contribution >= 0.6 is 0 Å². The van der Waals surface area contributed by atoms with Gasteiger partial charge in [-0.15, -0.1) is 0 Å². The zero-order valence-electron chi connectivity index (χ0n) is 11.4. The first-order valence-electron chi connectivity index (χ1n) is 5.85. The molecule has 0 atom stereocenters. The predicted octanol–water partition coefficient (Wildman–Crippen LogP) is 4.41. The van der Waals surface area contributed by atoms with Crippen molar-refractivity contribution in [3.05, 3.63) is 36.7 Å². The lowest BCUT2D eigenvalue weighted by Crippen LogP contribution is -1.93. The van der Waals surface area contributed by atoms with Gasteiger partial charge in [-0.25, -0.2) is 4.52 Å². The van der Waals surface area contributed by atoms with Gasteiger partial charge in [0.2, 0.25) is 0 Å². The average Bonchev–Trinajstić information content (AvgIpc) is 2.66. The molecule has 0 N–H and O–H groups in total. The molecule has 90 valence electrons. The van der Waals surface area contributed by atoms with E-state index >= 15 is 0 Å². The number of fused-ring (bicyclic) bond motifs is 1. The van der Waals surface area contributed by atoms with E-state index in [1.807, 2.05) is 48.8 Å². The van der Waals surface area contributed by atoms with Gasteiger partial charge in [0.05, 0.1) is 5.52 Å². The van der Waals surface area contributed by atoms with Crippen LogP contribution in [0.25, 0.3) is 5.52 Å². The van der Waals surface area contributed by atoms with Gasteiger partial charge in [-0.05, 0) is 23.6 Å². The number of pyridine rings is 1. The summed E-state index contributed by atoms with van der Waals surface area (Å²) in [5.74, 6) is 0. The summed E-state index contributed by atoms with van der Waals surface area (Å²) in [5.41, 5.74) is 1.64. The molecule has 2 aromatic rings. The van der Waals surface area contributed by atoms with Crippen LogP contribution in [-0.4, -0.2) is 9.61 Å². The van der Waals surface area contributed by atoms with Crippen LogP contribution < -0.4 is 0 Å². The third kappa shape index (κ3) is 7.04. The third-order valence-electron chi connectivity index (χ3n) is 1.31. The summed E-state index contributed by atoms with van der Waals surface area (Å²) in [6.07, 6.45) is 3.71. The summed E-state index contributed by atoms with van der Waals surface area (Å²) in [4.78, 5) is 0. The Hall–Kier alpha value is -1.31. The Morgan fingerprint density at radius 3 is 2.06 bits per heavy atom. The molecule has 0 saturated carbocycles. The molecule has 0 aliphatic carbocycles. The van der Waals surface area contributed by atoms with Crippen LogP contribution in [0.15, 0.2) is 36.7 Å². The summed E-state index contributed by atoms with van der Waals surface area (Å²) < 4.78 is 1.83. The lowest BCUT2D eigenvalue weighted by molar-refractivity contribution is 0.469. The Morgan fingerprint density at radius 1 is 1.00 bits per heavy atom. The van der Waals surface area contributed by atoms with Gasteiger partial charge in [-0.3, -0.25) is 0 Å². The highest BCUT2D eigenvalue weighted by Crippen LogP contribution is 2.08. The van der Waals surface area contributed by atoms with E-state index in [1.54, 1.807) is 6.20 Å². The fourth-order valence-electron chi connectivity index (χ4n) is 0.866. The van der Waals surface area contributed by atoms with Gasteiger partial charge >= 0.3 is 0 Å². The van der Waals surface area contributed by atoms with Crippen LogP contribution in [0.3, 0.4) is 0 Å². The Bertz CT molecular complexity index is 347. The summed E-state index contributed by atoms with van der Waals surface area (Å²) in [5, 5.41) is 4.04. The van der Waals surface area contributed by atoms with Gasteiger partial charge in [0, 0.05) is 12.4 Å². The van der Waals surface area contributed by atoms with E-state index in [1.165, 1.54) is 0 Å². The van der Waals surface area contributed by atoms with Crippen molar-refractivity contribution in [1.29, 1.82) is 0 Å². The van der Waals surface area contributed by atoms with Crippen LogP contribution in [-0.2, 0) is 0 Å². The molecule has 2 rings (SSSR count). The molecule has 0 radical (unpaired) electrons. The Kier molecular flexibility index (Phi) is 6.47. The lowest BCUT2D eigenvalue weighted by Gasteiger charge is -2.05. The highest BCUT2D eigenvalue weighted by Gasteiger charge is 1.95. The van der Waals surface area contributed by atoms with E-state index < -0.39 is 0 Å². The molecule has 0 bridgehead atoms. The largest absolute Gasteiger partial charge is 0.241 e. The van der Waals surface area contributed by atoms with Crippen molar-refractivity contribution in [3.63, 3.8) is 0 Å². The number of rotatable bonds is 0. The molecule has 0 spiro atoms. The zero-order valence-corrected chi connectivity index (χ0v) is 11.4. The second-order valence-electron chi connectivity index (χ2n) is 4.90. The molecule has 0 aromatic carbocycles. The summed E-state index contributed by atoms with van der Waals surface area (Å²) in [7, 11) is 0. The van der Waals surface area contributed by atoms with Gasteiger partial charge in [0.1, 0.15) is 0 Å². The molecule has 0 amide bonds. The fourth-order valence-corrected chi connectivity index (χ4v) is 0.866. The second kappa shape index (κ2) is 7.04. The third-order valence-corrected chi connectivity index (χ3v) is 1.31. The zero-order chi connectivity index (χ0) is 12.6. The predicted molar refractivity (Wildman–Crippen MR) is 71.7 cm³/mol. The smallest absolute Gasteiger partial charge is 0.0661 e. The monoisotopic (exact) mass is 220 g/mol. The Balaban J connectivity index is 0.000000280. The molecular formula is C14H24N2. The van der Waals surface area contributed by atoms with Crippen molar-refractivity contribution in [3.8, 4) is 0 Å². The van der Waals surface area contributed by atoms with Crippen molar-refractivity contribution in [2.75, 3.05) is 0 Å². The minimum absolute atomic E-state index is 0.500. The quantitative estimate of drug-likeness (QED) is 0.642. The topological polar surface area (TPSA) is 17.3 Å². The summed E-state index contributed by atoms with van der Waals surface area (Å²) in [6, 6.07) is 7.95. The molecule has 0 unspecified atom stereocenters. The minimum atomic E-state index is 0.500. The first-order chi connectivity index (χ1) is 7.47. The van der Waals surface area contributed by atoms with E-state index in [0.29, 0.717) is 5.41 Å². The van der Waals surface area contributed by atoms with Crippen molar-refractivity contribution in [2.45, 2.75) is 41.5 Å². The maximum atomic E-state index is 4.04. The van der Waals surface area contributed by atoms with E-state index in [2.05, 4.69) is 32.8 Å². The molecular weight excluding hydrogens is 196 g/mol. The summed E-state index contributed by atoms with van der Waals surface area (Å²) >= 11 is 0. The molecule has 2 nitrogen and oxygen atoms in total. The van der Waals surface area contributed by atoms with E-state index in [4.69, 9.17) is 0 Å². The first kappa shape index (κ1) is 14.7. The molecule has 2 heteroatoms. The molecule has 0 saturated heterocycles. The Labute approximate surface area is 99.3 Å². The summed E-state index contributed by atoms with van der Waals surface area (Å²) in [6.45, 7) is 12.8. The van der Waals surface area contributed by atoms with Crippen molar-refractivity contribution in [1.82, 2.24) is 9.61 Å². The molecule has 0 fully saturated rings. The number of nitrogens with zero attached hydrogens (tertiary/aromatic N) is 2. The average molecular weight is 220 g/mol. The standard InChI is InChI=1S/C7H6N2.C5H12.C2H6/c1-2-6-9-7(3-1)4-5-8-9;1-5(2,3)4;1-2/h1-6H;1-4H3;1-2H3. The van der Waals surface area contributed by atoms with E-state index in [-0.39, 0.29) is 0 Å². The molecule has 0 aliphatic heterocycles. The Morgan fingerprint density at radius 2 is 1.56 bits per heavy atom. The highest BCUT2D eigenvalue weighted by atomic mass is 15.2. The number of aromatic nitrogens is 2.